The van der Waals surface area contributed by atoms with Crippen LogP contribution in [0, 0.1) is 3.70 Å². The molecule has 0 spiro atoms. The van der Waals surface area contributed by atoms with Gasteiger partial charge in [0, 0.05) is 67.6 Å². The van der Waals surface area contributed by atoms with Crippen molar-refractivity contribution >= 4 is 64.3 Å². The molecule has 3 aliphatic heterocycles. The van der Waals surface area contributed by atoms with Gasteiger partial charge >= 0.3 is 13.1 Å². The number of H-pyrrole nitrogens is 1. The Bertz CT molecular complexity index is 2500. The molecular formula is C46H62BCl2IN12O9. The van der Waals surface area contributed by atoms with E-state index in [2.05, 4.69) is 96.2 Å². The van der Waals surface area contributed by atoms with Gasteiger partial charge in [-0.3, -0.25) is 23.6 Å². The van der Waals surface area contributed by atoms with Crippen molar-refractivity contribution in [2.75, 3.05) is 33.0 Å². The molecule has 25 heteroatoms. The maximum atomic E-state index is 10.9. The number of nitrogens with zero attached hydrogens (tertiary/aromatic N) is 11. The van der Waals surface area contributed by atoms with Crippen molar-refractivity contribution in [1.29, 1.82) is 0 Å². The molecule has 384 valence electrons. The van der Waals surface area contributed by atoms with Gasteiger partial charge in [0.25, 0.3) is 5.56 Å². The zero-order valence-electron chi connectivity index (χ0n) is 39.8. The summed E-state index contributed by atoms with van der Waals surface area (Å²) in [6.45, 7) is 14.5. The molecule has 6 aromatic rings. The third-order valence-electron chi connectivity index (χ3n) is 11.1. The first-order valence-electron chi connectivity index (χ1n) is 22.9. The zero-order chi connectivity index (χ0) is 49.9. The van der Waals surface area contributed by atoms with Crippen molar-refractivity contribution in [3.8, 4) is 22.5 Å². The second kappa shape index (κ2) is 28.5. The van der Waals surface area contributed by atoms with Gasteiger partial charge in [-0.1, -0.05) is 30.6 Å². The molecule has 0 aliphatic carbocycles. The molecule has 3 saturated heterocycles. The minimum Gasteiger partial charge on any atom is -0.464 e. The molecule has 0 aromatic carbocycles. The maximum Gasteiger partial charge on any atom is 0.498 e. The van der Waals surface area contributed by atoms with Crippen LogP contribution < -0.4 is 11.0 Å². The Kier molecular flexibility index (Phi) is 23.0. The number of rotatable bonds is 14. The molecule has 21 nitrogen and oxygen atoms in total. The average Bonchev–Trinajstić information content (AvgIpc) is 4.17. The average molecular weight is 1140 g/mol. The van der Waals surface area contributed by atoms with Crippen molar-refractivity contribution < 1.29 is 37.8 Å². The number of hydrogen-bond acceptors (Lipinski definition) is 17. The van der Waals surface area contributed by atoms with E-state index in [4.69, 9.17) is 56.2 Å². The fourth-order valence-electron chi connectivity index (χ4n) is 6.64. The highest BCUT2D eigenvalue weighted by Crippen LogP contribution is 2.36. The Hall–Kier alpha value is -4.73. The van der Waals surface area contributed by atoms with Gasteiger partial charge in [-0.05, 0) is 119 Å². The van der Waals surface area contributed by atoms with E-state index >= 15 is 0 Å². The second-order valence-electron chi connectivity index (χ2n) is 17.0. The van der Waals surface area contributed by atoms with E-state index in [1.165, 1.54) is 25.8 Å². The van der Waals surface area contributed by atoms with Crippen LogP contribution in [-0.2, 0) is 57.4 Å². The third-order valence-corrected chi connectivity index (χ3v) is 12.1. The highest BCUT2D eigenvalue weighted by atomic mass is 127. The summed E-state index contributed by atoms with van der Waals surface area (Å²) in [7, 11) is -0.364. The highest BCUT2D eigenvalue weighted by molar-refractivity contribution is 14.1. The van der Waals surface area contributed by atoms with Crippen molar-refractivity contribution in [3.63, 3.8) is 0 Å². The number of carbonyl (C=O) groups is 1. The van der Waals surface area contributed by atoms with Gasteiger partial charge in [0.15, 0.2) is 22.9 Å². The van der Waals surface area contributed by atoms with E-state index in [1.54, 1.807) is 53.7 Å². The minimum absolute atomic E-state index is 0. The van der Waals surface area contributed by atoms with Crippen LogP contribution in [0.25, 0.3) is 22.5 Å². The molecule has 2 atom stereocenters. The van der Waals surface area contributed by atoms with Crippen molar-refractivity contribution in [2.45, 2.75) is 124 Å². The largest absolute Gasteiger partial charge is 0.498 e. The van der Waals surface area contributed by atoms with Gasteiger partial charge in [-0.15, -0.1) is 20.4 Å². The number of aromatic nitrogens is 12. The molecule has 0 saturated carbocycles. The lowest BCUT2D eigenvalue weighted by atomic mass is 9.82. The summed E-state index contributed by atoms with van der Waals surface area (Å²) in [5.41, 5.74) is 3.11. The quantitative estimate of drug-likeness (QED) is 0.0669. The monoisotopic (exact) mass is 1130 g/mol. The SMILES string of the molecule is C.CC(=O)OCCn1cc(-c2ccc(=O)[nH]n2)cn1.CC1(C)OB(c2cnn(CCOC3CCCCO3)c2)OC1(C)C.Clc1ccc(-c2cnn(CCOC3CCCCO3)c2)nn1.Clc1ccc(I)nn1. The minimum atomic E-state index is -0.364. The highest BCUT2D eigenvalue weighted by Gasteiger charge is 2.52. The zero-order valence-corrected chi connectivity index (χ0v) is 43.5. The van der Waals surface area contributed by atoms with Crippen LogP contribution in [0.2, 0.25) is 10.3 Å². The lowest BCUT2D eigenvalue weighted by molar-refractivity contribution is -0.164. The summed E-state index contributed by atoms with van der Waals surface area (Å²) in [6.07, 6.45) is 17.3. The number of esters is 1. The third kappa shape index (κ3) is 19.0. The van der Waals surface area contributed by atoms with Crippen LogP contribution in [0.3, 0.4) is 0 Å². The number of nitrogens with one attached hydrogen (secondary N) is 1. The lowest BCUT2D eigenvalue weighted by Crippen LogP contribution is -2.41. The first-order valence-corrected chi connectivity index (χ1v) is 24.7. The van der Waals surface area contributed by atoms with E-state index in [1.807, 2.05) is 27.8 Å². The van der Waals surface area contributed by atoms with E-state index in [9.17, 15) is 9.59 Å². The van der Waals surface area contributed by atoms with Crippen molar-refractivity contribution in [1.82, 2.24) is 59.9 Å². The number of hydrogen-bond donors (Lipinski definition) is 1. The smallest absolute Gasteiger partial charge is 0.464 e. The summed E-state index contributed by atoms with van der Waals surface area (Å²) in [5, 5.41) is 35.0. The van der Waals surface area contributed by atoms with E-state index < -0.39 is 0 Å². The van der Waals surface area contributed by atoms with Crippen LogP contribution >= 0.6 is 45.8 Å². The molecule has 6 aromatic heterocycles. The molecule has 9 heterocycles. The van der Waals surface area contributed by atoms with Crippen LogP contribution in [-0.4, -0.2) is 130 Å². The molecule has 0 amide bonds. The number of ether oxygens (including phenoxy) is 5. The predicted octanol–water partition coefficient (Wildman–Crippen LogP) is 6.83. The lowest BCUT2D eigenvalue weighted by Gasteiger charge is -2.32. The molecule has 0 bridgehead atoms. The standard InChI is InChI=1S/C16H27BN2O4.C14H17ClN4O2.C11H12N4O3.C4H2ClIN2.CH4/c1-15(2)16(3,4)23-17(22-15)13-11-18-19(12-13)8-10-21-14-7-5-6-9-20-14;15-13-5-4-12(17-18-13)11-9-16-19(10-11)6-8-21-14-3-1-2-7-20-14;1-8(16)18-5-4-15-7-9(6-12-15)10-2-3-11(17)14-13-10;5-3-1-2-4(6)8-7-3;/h11-12,14H,5-10H2,1-4H3;4-5,9-10,14H,1-3,6-8H2;2-3,6-7H,4-5H2,1H3,(H,14,17);1-2H;1H4. The predicted molar refractivity (Wildman–Crippen MR) is 274 cm³/mol. The van der Waals surface area contributed by atoms with E-state index in [0.717, 1.165) is 64.9 Å². The first kappa shape index (κ1) is 57.2. The Morgan fingerprint density at radius 1 is 0.718 bits per heavy atom. The second-order valence-corrected chi connectivity index (χ2v) is 18.9. The van der Waals surface area contributed by atoms with Gasteiger partial charge < -0.3 is 33.0 Å². The normalized spacial score (nSPS) is 17.8. The Balaban J connectivity index is 0.000000183. The molecule has 3 aliphatic rings. The number of aromatic amines is 1. The Morgan fingerprint density at radius 3 is 1.72 bits per heavy atom. The molecule has 3 fully saturated rings. The summed E-state index contributed by atoms with van der Waals surface area (Å²) in [6, 6.07) is 10.1. The van der Waals surface area contributed by atoms with Gasteiger partial charge in [0.2, 0.25) is 0 Å². The fourth-order valence-corrected chi connectivity index (χ4v) is 7.13. The van der Waals surface area contributed by atoms with E-state index in [0.29, 0.717) is 48.8 Å². The van der Waals surface area contributed by atoms with Gasteiger partial charge in [0.1, 0.15) is 10.3 Å². The Morgan fingerprint density at radius 2 is 1.24 bits per heavy atom. The summed E-state index contributed by atoms with van der Waals surface area (Å²) in [4.78, 5) is 21.5. The van der Waals surface area contributed by atoms with Gasteiger partial charge in [-0.25, -0.2) is 5.10 Å². The number of carbonyl (C=O) groups excluding carboxylic acids is 1. The molecule has 1 N–H and O–H groups in total. The molecule has 9 rings (SSSR count). The fraction of sp³-hybridized carbons (Fsp3) is 0.522. The summed E-state index contributed by atoms with van der Waals surface area (Å²) in [5.74, 6) is -0.315. The van der Waals surface area contributed by atoms with Crippen molar-refractivity contribution in [3.05, 3.63) is 97.9 Å². The summed E-state index contributed by atoms with van der Waals surface area (Å²) >= 11 is 13.2. The van der Waals surface area contributed by atoms with Crippen LogP contribution in [0.15, 0.2) is 78.4 Å². The van der Waals surface area contributed by atoms with Crippen LogP contribution in [0.5, 0.6) is 0 Å². The molecule has 71 heavy (non-hydrogen) atoms. The van der Waals surface area contributed by atoms with Gasteiger partial charge in [0.05, 0.1) is 67.8 Å². The Labute approximate surface area is 437 Å². The van der Waals surface area contributed by atoms with Crippen molar-refractivity contribution in [2.24, 2.45) is 0 Å². The van der Waals surface area contributed by atoms with Crippen LogP contribution in [0.4, 0.5) is 0 Å². The van der Waals surface area contributed by atoms with E-state index in [-0.39, 0.29) is 56.5 Å². The molecule has 0 radical (unpaired) electrons. The maximum absolute atomic E-state index is 10.9. The molecular weight excluding hydrogens is 1070 g/mol. The first-order chi connectivity index (χ1) is 33.6. The number of halogens is 3. The van der Waals surface area contributed by atoms with Crippen LogP contribution in [0.1, 0.15) is 80.6 Å². The van der Waals surface area contributed by atoms with Gasteiger partial charge in [-0.2, -0.15) is 20.4 Å². The molecule has 2 unspecified atom stereocenters. The summed E-state index contributed by atoms with van der Waals surface area (Å²) < 4.78 is 45.6. The topological polar surface area (TPSA) is 232 Å².